The molecule has 0 aliphatic heterocycles. The Bertz CT molecular complexity index is 1790. The van der Waals surface area contributed by atoms with E-state index in [-0.39, 0.29) is 6.61 Å². The fraction of sp³-hybridized carbons (Fsp3) is 0.263. The van der Waals surface area contributed by atoms with Gasteiger partial charge in [0.15, 0.2) is 0 Å². The number of rotatable bonds is 10. The summed E-state index contributed by atoms with van der Waals surface area (Å²) in [5.74, 6) is 3.55. The number of hydrogen-bond donors (Lipinski definition) is 1. The quantitative estimate of drug-likeness (QED) is 0.142. The van der Waals surface area contributed by atoms with Crippen molar-refractivity contribution in [2.24, 2.45) is 11.8 Å². The molecule has 10 heteroatoms. The maximum Gasteiger partial charge on any atom is 0.258 e. The van der Waals surface area contributed by atoms with Crippen molar-refractivity contribution in [1.82, 2.24) is 20.3 Å². The number of nitrogens with zero attached hydrogens (tertiary/aromatic N) is 4. The van der Waals surface area contributed by atoms with E-state index in [1.165, 1.54) is 0 Å². The Morgan fingerprint density at radius 2 is 0.979 bits per heavy atom. The van der Waals surface area contributed by atoms with Crippen LogP contribution in [0.25, 0.3) is 45.7 Å². The zero-order valence-electron chi connectivity index (χ0n) is 27.3. The molecular formula is C38H37Cl3N4O3. The fourth-order valence-corrected chi connectivity index (χ4v) is 5.68. The summed E-state index contributed by atoms with van der Waals surface area (Å²) in [4.78, 5) is 8.91. The van der Waals surface area contributed by atoms with Crippen molar-refractivity contribution in [2.45, 2.75) is 53.0 Å². The molecule has 7 nitrogen and oxygen atoms in total. The molecule has 0 aliphatic rings. The second kappa shape index (κ2) is 16.4. The summed E-state index contributed by atoms with van der Waals surface area (Å²) in [7, 11) is 0. The van der Waals surface area contributed by atoms with Crippen molar-refractivity contribution in [2.75, 3.05) is 0 Å². The highest BCUT2D eigenvalue weighted by Crippen LogP contribution is 2.29. The first kappa shape index (κ1) is 35.3. The van der Waals surface area contributed by atoms with Gasteiger partial charge in [0.05, 0.1) is 6.61 Å². The average Bonchev–Trinajstić information content (AvgIpc) is 3.78. The summed E-state index contributed by atoms with van der Waals surface area (Å²) in [5.41, 5.74) is 7.50. The van der Waals surface area contributed by atoms with E-state index in [0.717, 1.165) is 62.4 Å². The monoisotopic (exact) mass is 702 g/mol. The summed E-state index contributed by atoms with van der Waals surface area (Å²) in [6, 6.07) is 26.9. The standard InChI is InChI=1S/C19H18Cl2N2O.C19H19ClN2O2/c1-12(2)9-15-7-8-16(10-17(15)21)19-22-18(23-24-19)14-5-3-13(11-20)4-6-14;1-12(2)9-15-7-8-16(10-17(15)20)19-21-18(22-24-19)14-5-3-13(11-23)4-6-14/h3-8,10,12H,9,11H2,1-2H3;3-8,10,12,23H,9,11H2,1-2H3. The zero-order valence-corrected chi connectivity index (χ0v) is 29.5. The molecule has 0 saturated heterocycles. The van der Waals surface area contributed by atoms with Crippen LogP contribution in [0.4, 0.5) is 0 Å². The van der Waals surface area contributed by atoms with Gasteiger partial charge in [-0.3, -0.25) is 0 Å². The van der Waals surface area contributed by atoms with Crippen molar-refractivity contribution in [3.63, 3.8) is 0 Å². The SMILES string of the molecule is CC(C)Cc1ccc(-c2nc(-c3ccc(CCl)cc3)no2)cc1Cl.CC(C)Cc1ccc(-c2nc(-c3ccc(CO)cc3)no2)cc1Cl. The molecule has 0 bridgehead atoms. The van der Waals surface area contributed by atoms with Gasteiger partial charge in [0.2, 0.25) is 11.6 Å². The van der Waals surface area contributed by atoms with Gasteiger partial charge < -0.3 is 14.2 Å². The predicted molar refractivity (Wildman–Crippen MR) is 193 cm³/mol. The van der Waals surface area contributed by atoms with E-state index in [0.29, 0.717) is 46.2 Å². The van der Waals surface area contributed by atoms with Crippen LogP contribution in [-0.4, -0.2) is 25.4 Å². The molecule has 6 aromatic rings. The Morgan fingerprint density at radius 3 is 1.33 bits per heavy atom. The van der Waals surface area contributed by atoms with Gasteiger partial charge in [-0.2, -0.15) is 9.97 Å². The minimum Gasteiger partial charge on any atom is -0.392 e. The topological polar surface area (TPSA) is 98.1 Å². The molecule has 48 heavy (non-hydrogen) atoms. The summed E-state index contributed by atoms with van der Waals surface area (Å²) >= 11 is 18.6. The van der Waals surface area contributed by atoms with Crippen molar-refractivity contribution >= 4 is 34.8 Å². The van der Waals surface area contributed by atoms with E-state index in [2.05, 4.69) is 48.0 Å². The molecule has 0 unspecified atom stereocenters. The van der Waals surface area contributed by atoms with E-state index >= 15 is 0 Å². The molecule has 6 rings (SSSR count). The highest BCUT2D eigenvalue weighted by Gasteiger charge is 2.14. The summed E-state index contributed by atoms with van der Waals surface area (Å²) in [6.45, 7) is 8.68. The molecule has 1 N–H and O–H groups in total. The van der Waals surface area contributed by atoms with Crippen LogP contribution in [0.1, 0.15) is 49.9 Å². The number of alkyl halides is 1. The highest BCUT2D eigenvalue weighted by atomic mass is 35.5. The summed E-state index contributed by atoms with van der Waals surface area (Å²) in [5, 5.41) is 18.6. The van der Waals surface area contributed by atoms with E-state index < -0.39 is 0 Å². The van der Waals surface area contributed by atoms with Crippen molar-refractivity contribution < 1.29 is 14.2 Å². The Labute approximate surface area is 295 Å². The van der Waals surface area contributed by atoms with Crippen molar-refractivity contribution in [3.8, 4) is 45.7 Å². The molecule has 0 amide bonds. The third-order valence-electron chi connectivity index (χ3n) is 7.47. The van der Waals surface area contributed by atoms with Crippen LogP contribution in [0.2, 0.25) is 10.0 Å². The molecule has 2 heterocycles. The molecule has 0 atom stereocenters. The molecule has 0 aliphatic carbocycles. The average molecular weight is 704 g/mol. The lowest BCUT2D eigenvalue weighted by Crippen LogP contribution is -1.95. The maximum atomic E-state index is 9.09. The minimum atomic E-state index is 0.0129. The van der Waals surface area contributed by atoms with Crippen LogP contribution in [-0.2, 0) is 25.3 Å². The third kappa shape index (κ3) is 9.11. The Balaban J connectivity index is 0.000000188. The second-order valence-electron chi connectivity index (χ2n) is 12.3. The van der Waals surface area contributed by atoms with Crippen LogP contribution in [0.3, 0.4) is 0 Å². The summed E-state index contributed by atoms with van der Waals surface area (Å²) in [6.07, 6.45) is 1.88. The van der Waals surface area contributed by atoms with Crippen LogP contribution in [0.15, 0.2) is 94.0 Å². The van der Waals surface area contributed by atoms with E-state index in [1.807, 2.05) is 84.9 Å². The normalized spacial score (nSPS) is 11.2. The second-order valence-corrected chi connectivity index (χ2v) is 13.4. The molecule has 0 saturated carbocycles. The van der Waals surface area contributed by atoms with Gasteiger partial charge in [-0.25, -0.2) is 0 Å². The van der Waals surface area contributed by atoms with Crippen LogP contribution in [0.5, 0.6) is 0 Å². The van der Waals surface area contributed by atoms with Gasteiger partial charge in [0.25, 0.3) is 11.8 Å². The van der Waals surface area contributed by atoms with E-state index in [9.17, 15) is 0 Å². The van der Waals surface area contributed by atoms with E-state index in [1.54, 1.807) is 0 Å². The first-order chi connectivity index (χ1) is 23.1. The Morgan fingerprint density at radius 1 is 0.583 bits per heavy atom. The van der Waals surface area contributed by atoms with Gasteiger partial charge in [0.1, 0.15) is 0 Å². The lowest BCUT2D eigenvalue weighted by Gasteiger charge is -2.07. The van der Waals surface area contributed by atoms with Gasteiger partial charge in [0, 0.05) is 38.2 Å². The smallest absolute Gasteiger partial charge is 0.258 e. The van der Waals surface area contributed by atoms with Crippen molar-refractivity contribution in [3.05, 3.63) is 117 Å². The lowest BCUT2D eigenvalue weighted by molar-refractivity contribution is 0.282. The Hall–Kier alpha value is -4.01. The Kier molecular flexibility index (Phi) is 12.1. The number of halogens is 3. The lowest BCUT2D eigenvalue weighted by atomic mass is 10.0. The molecule has 0 radical (unpaired) electrons. The van der Waals surface area contributed by atoms with Gasteiger partial charge in [-0.1, -0.05) is 122 Å². The number of benzene rings is 4. The van der Waals surface area contributed by atoms with Gasteiger partial charge in [-0.05, 0) is 71.2 Å². The van der Waals surface area contributed by atoms with Crippen LogP contribution >= 0.6 is 34.8 Å². The molecule has 0 spiro atoms. The molecular weight excluding hydrogens is 667 g/mol. The van der Waals surface area contributed by atoms with Crippen molar-refractivity contribution in [1.29, 1.82) is 0 Å². The highest BCUT2D eigenvalue weighted by molar-refractivity contribution is 6.32. The maximum absolute atomic E-state index is 9.09. The molecule has 4 aromatic carbocycles. The number of aliphatic hydroxyl groups excluding tert-OH is 1. The summed E-state index contributed by atoms with van der Waals surface area (Å²) < 4.78 is 10.8. The molecule has 248 valence electrons. The third-order valence-corrected chi connectivity index (χ3v) is 8.48. The first-order valence-electron chi connectivity index (χ1n) is 15.7. The minimum absolute atomic E-state index is 0.0129. The van der Waals surface area contributed by atoms with Crippen LogP contribution in [0, 0.1) is 11.8 Å². The fourth-order valence-electron chi connectivity index (χ4n) is 4.99. The number of aliphatic hydroxyl groups is 1. The number of hydrogen-bond acceptors (Lipinski definition) is 7. The predicted octanol–water partition coefficient (Wildman–Crippen LogP) is 10.7. The van der Waals surface area contributed by atoms with Gasteiger partial charge >= 0.3 is 0 Å². The van der Waals surface area contributed by atoms with E-state index in [4.69, 9.17) is 49.0 Å². The molecule has 2 aromatic heterocycles. The first-order valence-corrected chi connectivity index (χ1v) is 17.0. The molecule has 0 fully saturated rings. The van der Waals surface area contributed by atoms with Gasteiger partial charge in [-0.15, -0.1) is 11.6 Å². The largest absolute Gasteiger partial charge is 0.392 e. The number of aromatic nitrogens is 4. The van der Waals surface area contributed by atoms with Crippen LogP contribution < -0.4 is 0 Å². The zero-order chi connectivity index (χ0) is 34.2.